The number of carboxylic acids is 1. The molecule has 7 heteroatoms. The number of nitrogens with zero attached hydrogens (tertiary/aromatic N) is 2. The number of aromatic nitrogens is 2. The van der Waals surface area contributed by atoms with Gasteiger partial charge in [-0.1, -0.05) is 6.92 Å². The van der Waals surface area contributed by atoms with Crippen molar-refractivity contribution < 1.29 is 14.7 Å². The summed E-state index contributed by atoms with van der Waals surface area (Å²) in [6, 6.07) is -0.249. The van der Waals surface area contributed by atoms with Crippen molar-refractivity contribution in [3.8, 4) is 0 Å². The highest BCUT2D eigenvalue weighted by Gasteiger charge is 2.11. The van der Waals surface area contributed by atoms with Crippen molar-refractivity contribution >= 4 is 12.0 Å². The third kappa shape index (κ3) is 5.09. The number of aryl methyl sites for hydroxylation is 2. The lowest BCUT2D eigenvalue weighted by atomic mass is 10.1. The first-order chi connectivity index (χ1) is 9.82. The first-order valence-corrected chi connectivity index (χ1v) is 7.06. The Kier molecular flexibility index (Phi) is 6.20. The topological polar surface area (TPSA) is 96.3 Å². The van der Waals surface area contributed by atoms with Crippen LogP contribution in [0.5, 0.6) is 0 Å². The van der Waals surface area contributed by atoms with E-state index in [4.69, 9.17) is 5.11 Å². The number of nitrogens with one attached hydrogen (secondary N) is 2. The molecule has 7 nitrogen and oxygen atoms in total. The lowest BCUT2D eigenvalue weighted by Gasteiger charge is -2.09. The van der Waals surface area contributed by atoms with Crippen LogP contribution in [0.4, 0.5) is 4.79 Å². The second kappa shape index (κ2) is 7.66. The largest absolute Gasteiger partial charge is 0.481 e. The van der Waals surface area contributed by atoms with Crippen LogP contribution in [0.3, 0.4) is 0 Å². The van der Waals surface area contributed by atoms with E-state index in [1.807, 2.05) is 20.9 Å². The highest BCUT2D eigenvalue weighted by Crippen LogP contribution is 2.11. The molecule has 0 aromatic carbocycles. The fourth-order valence-corrected chi connectivity index (χ4v) is 2.04. The van der Waals surface area contributed by atoms with Crippen LogP contribution in [0.15, 0.2) is 0 Å². The molecule has 0 aliphatic heterocycles. The number of hydrogen-bond donors (Lipinski definition) is 3. The van der Waals surface area contributed by atoms with Gasteiger partial charge in [0, 0.05) is 31.4 Å². The molecule has 1 unspecified atom stereocenters. The van der Waals surface area contributed by atoms with E-state index in [1.54, 1.807) is 11.6 Å². The molecular weight excluding hydrogens is 272 g/mol. The van der Waals surface area contributed by atoms with Gasteiger partial charge in [0.25, 0.3) is 0 Å². The molecule has 1 atom stereocenters. The molecule has 0 fully saturated rings. The first kappa shape index (κ1) is 17.0. The lowest BCUT2D eigenvalue weighted by Crippen LogP contribution is -2.36. The highest BCUT2D eigenvalue weighted by molar-refractivity contribution is 5.73. The summed E-state index contributed by atoms with van der Waals surface area (Å²) in [5, 5.41) is 18.5. The molecule has 1 heterocycles. The number of aliphatic carboxylic acids is 1. The number of amides is 2. The smallest absolute Gasteiger partial charge is 0.315 e. The minimum atomic E-state index is -0.804. The van der Waals surface area contributed by atoms with Gasteiger partial charge in [0.05, 0.1) is 11.6 Å². The number of hydrogen-bond acceptors (Lipinski definition) is 3. The summed E-state index contributed by atoms with van der Waals surface area (Å²) < 4.78 is 1.79. The zero-order chi connectivity index (χ0) is 16.0. The summed E-state index contributed by atoms with van der Waals surface area (Å²) in [7, 11) is 1.87. The molecule has 0 saturated carbocycles. The Labute approximate surface area is 124 Å². The molecule has 1 aromatic heterocycles. The number of urea groups is 1. The van der Waals surface area contributed by atoms with Crippen LogP contribution < -0.4 is 10.6 Å². The summed E-state index contributed by atoms with van der Waals surface area (Å²) in [6.45, 7) is 6.44. The average Bonchev–Trinajstić information content (AvgIpc) is 2.66. The zero-order valence-corrected chi connectivity index (χ0v) is 13.1. The van der Waals surface area contributed by atoms with E-state index in [9.17, 15) is 9.59 Å². The van der Waals surface area contributed by atoms with Crippen molar-refractivity contribution in [1.29, 1.82) is 0 Å². The maximum absolute atomic E-state index is 11.7. The molecule has 0 spiro atoms. The maximum atomic E-state index is 11.7. The summed E-state index contributed by atoms with van der Waals surface area (Å²) in [4.78, 5) is 22.3. The highest BCUT2D eigenvalue weighted by atomic mass is 16.4. The van der Waals surface area contributed by atoms with Gasteiger partial charge >= 0.3 is 12.0 Å². The second-order valence-corrected chi connectivity index (χ2v) is 5.26. The SMILES string of the molecule is Cc1nn(C)c(C)c1CNC(=O)NCCCC(C)C(=O)O. The Hall–Kier alpha value is -2.05. The number of rotatable bonds is 7. The van der Waals surface area contributed by atoms with Crippen molar-refractivity contribution in [3.05, 3.63) is 17.0 Å². The van der Waals surface area contributed by atoms with Gasteiger partial charge in [0.2, 0.25) is 0 Å². The van der Waals surface area contributed by atoms with E-state index < -0.39 is 5.97 Å². The van der Waals surface area contributed by atoms with Crippen LogP contribution in [-0.2, 0) is 18.4 Å². The first-order valence-electron chi connectivity index (χ1n) is 7.06. The predicted octanol–water partition coefficient (Wildman–Crippen LogP) is 1.34. The van der Waals surface area contributed by atoms with E-state index in [0.29, 0.717) is 25.9 Å². The van der Waals surface area contributed by atoms with Gasteiger partial charge in [-0.25, -0.2) is 4.79 Å². The van der Waals surface area contributed by atoms with Gasteiger partial charge in [-0.3, -0.25) is 9.48 Å². The van der Waals surface area contributed by atoms with Gasteiger partial charge in [0.15, 0.2) is 0 Å². The molecular formula is C14H24N4O3. The molecule has 0 radical (unpaired) electrons. The van der Waals surface area contributed by atoms with Gasteiger partial charge in [-0.15, -0.1) is 0 Å². The normalized spacial score (nSPS) is 12.0. The molecule has 21 heavy (non-hydrogen) atoms. The molecule has 0 bridgehead atoms. The summed E-state index contributed by atoms with van der Waals surface area (Å²) in [6.07, 6.45) is 1.20. The van der Waals surface area contributed by atoms with Gasteiger partial charge < -0.3 is 15.7 Å². The van der Waals surface area contributed by atoms with Gasteiger partial charge in [0.1, 0.15) is 0 Å². The van der Waals surface area contributed by atoms with Crippen molar-refractivity contribution in [2.75, 3.05) is 6.54 Å². The maximum Gasteiger partial charge on any atom is 0.315 e. The lowest BCUT2D eigenvalue weighted by molar-refractivity contribution is -0.141. The van der Waals surface area contributed by atoms with Crippen LogP contribution in [-0.4, -0.2) is 33.4 Å². The summed E-state index contributed by atoms with van der Waals surface area (Å²) >= 11 is 0. The average molecular weight is 296 g/mol. The van der Waals surface area contributed by atoms with E-state index in [2.05, 4.69) is 15.7 Å². The Bertz CT molecular complexity index is 511. The van der Waals surface area contributed by atoms with Crippen LogP contribution in [0, 0.1) is 19.8 Å². The van der Waals surface area contributed by atoms with Crippen molar-refractivity contribution in [2.24, 2.45) is 13.0 Å². The molecule has 118 valence electrons. The van der Waals surface area contributed by atoms with Crippen molar-refractivity contribution in [2.45, 2.75) is 40.2 Å². The van der Waals surface area contributed by atoms with E-state index in [-0.39, 0.29) is 11.9 Å². The molecule has 0 aliphatic carbocycles. The van der Waals surface area contributed by atoms with E-state index >= 15 is 0 Å². The summed E-state index contributed by atoms with van der Waals surface area (Å²) in [5.41, 5.74) is 2.96. The van der Waals surface area contributed by atoms with Crippen LogP contribution in [0.1, 0.15) is 36.7 Å². The monoisotopic (exact) mass is 296 g/mol. The Morgan fingerprint density at radius 3 is 2.52 bits per heavy atom. The molecule has 1 aromatic rings. The molecule has 1 rings (SSSR count). The minimum absolute atomic E-state index is 0.249. The van der Waals surface area contributed by atoms with Crippen LogP contribution >= 0.6 is 0 Å². The van der Waals surface area contributed by atoms with Crippen LogP contribution in [0.2, 0.25) is 0 Å². The van der Waals surface area contributed by atoms with Gasteiger partial charge in [-0.05, 0) is 26.7 Å². The Morgan fingerprint density at radius 1 is 1.33 bits per heavy atom. The molecule has 3 N–H and O–H groups in total. The van der Waals surface area contributed by atoms with E-state index in [0.717, 1.165) is 17.0 Å². The number of carbonyl (C=O) groups excluding carboxylic acids is 1. The third-order valence-electron chi connectivity index (χ3n) is 3.61. The van der Waals surface area contributed by atoms with Crippen LogP contribution in [0.25, 0.3) is 0 Å². The summed E-state index contributed by atoms with van der Waals surface area (Å²) in [5.74, 6) is -1.18. The second-order valence-electron chi connectivity index (χ2n) is 5.26. The molecule has 0 aliphatic rings. The zero-order valence-electron chi connectivity index (χ0n) is 13.1. The quantitative estimate of drug-likeness (QED) is 0.661. The van der Waals surface area contributed by atoms with E-state index in [1.165, 1.54) is 0 Å². The standard InChI is InChI=1S/C14H24N4O3/c1-9(13(19)20)6-5-7-15-14(21)16-8-12-10(2)17-18(4)11(12)3/h9H,5-8H2,1-4H3,(H,19,20)(H2,15,16,21). The molecule has 0 saturated heterocycles. The number of carboxylic acid groups (broad SMARTS) is 1. The minimum Gasteiger partial charge on any atom is -0.481 e. The predicted molar refractivity (Wildman–Crippen MR) is 79.0 cm³/mol. The van der Waals surface area contributed by atoms with Crippen molar-refractivity contribution in [3.63, 3.8) is 0 Å². The molecule has 2 amide bonds. The van der Waals surface area contributed by atoms with Gasteiger partial charge in [-0.2, -0.15) is 5.10 Å². The van der Waals surface area contributed by atoms with Crippen molar-refractivity contribution in [1.82, 2.24) is 20.4 Å². The Balaban J connectivity index is 2.27. The third-order valence-corrected chi connectivity index (χ3v) is 3.61. The fraction of sp³-hybridized carbons (Fsp3) is 0.643. The number of carbonyl (C=O) groups is 2. The Morgan fingerprint density at radius 2 is 2.00 bits per heavy atom. The fourth-order valence-electron chi connectivity index (χ4n) is 2.04.